The molecule has 144 valence electrons. The van der Waals surface area contributed by atoms with E-state index < -0.39 is 17.9 Å². The summed E-state index contributed by atoms with van der Waals surface area (Å²) in [7, 11) is 5.27. The highest BCUT2D eigenvalue weighted by atomic mass is 35.5. The Labute approximate surface area is 162 Å². The first kappa shape index (κ1) is 20.5. The van der Waals surface area contributed by atoms with Crippen LogP contribution in [0.2, 0.25) is 5.02 Å². The molecule has 0 heterocycles. The first-order valence-corrected chi connectivity index (χ1v) is 8.57. The summed E-state index contributed by atoms with van der Waals surface area (Å²) >= 11 is 5.89. The molecule has 1 atom stereocenters. The Morgan fingerprint density at radius 3 is 2.41 bits per heavy atom. The van der Waals surface area contributed by atoms with Gasteiger partial charge in [-0.3, -0.25) is 9.59 Å². The Morgan fingerprint density at radius 1 is 1.15 bits per heavy atom. The molecule has 0 aliphatic heterocycles. The normalized spacial score (nSPS) is 11.4. The molecule has 2 aromatic rings. The lowest BCUT2D eigenvalue weighted by Gasteiger charge is -2.16. The lowest BCUT2D eigenvalue weighted by molar-refractivity contribution is -0.136. The summed E-state index contributed by atoms with van der Waals surface area (Å²) in [6.07, 6.45) is -0.932. The largest absolute Gasteiger partial charge is 0.495 e. The average molecular weight is 392 g/mol. The second-order valence-corrected chi connectivity index (χ2v) is 6.45. The number of aliphatic hydroxyl groups excluding tert-OH is 1. The average Bonchev–Trinajstić information content (AvgIpc) is 2.66. The van der Waals surface area contributed by atoms with Gasteiger partial charge in [-0.05, 0) is 35.9 Å². The van der Waals surface area contributed by atoms with Crippen LogP contribution in [0.15, 0.2) is 42.5 Å². The van der Waals surface area contributed by atoms with Gasteiger partial charge in [-0.25, -0.2) is 0 Å². The van der Waals surface area contributed by atoms with Gasteiger partial charge in [0.25, 0.3) is 0 Å². The molecule has 0 aliphatic carbocycles. The van der Waals surface area contributed by atoms with E-state index in [0.717, 1.165) is 5.69 Å². The van der Waals surface area contributed by atoms with Crippen molar-refractivity contribution in [2.45, 2.75) is 6.10 Å². The number of rotatable bonds is 6. The number of nitrogens with one attached hydrogen (secondary N) is 2. The van der Waals surface area contributed by atoms with Crippen molar-refractivity contribution in [2.24, 2.45) is 0 Å². The molecule has 0 radical (unpaired) electrons. The monoisotopic (exact) mass is 391 g/mol. The SMILES string of the molecule is COc1ccc(Cl)cc1NC(=O)C(=O)NCC(O)c1ccc(N(C)C)cc1. The minimum Gasteiger partial charge on any atom is -0.495 e. The van der Waals surface area contributed by atoms with E-state index in [1.807, 2.05) is 31.1 Å². The summed E-state index contributed by atoms with van der Waals surface area (Å²) in [5, 5.41) is 15.4. The van der Waals surface area contributed by atoms with Gasteiger partial charge in [0.15, 0.2) is 0 Å². The zero-order valence-corrected chi connectivity index (χ0v) is 16.1. The summed E-state index contributed by atoms with van der Waals surface area (Å²) in [5.41, 5.74) is 1.91. The Hall–Kier alpha value is -2.77. The van der Waals surface area contributed by atoms with Crippen LogP contribution in [0.3, 0.4) is 0 Å². The summed E-state index contributed by atoms with van der Waals surface area (Å²) < 4.78 is 5.11. The standard InChI is InChI=1S/C19H22ClN3O4/c1-23(2)14-7-4-12(5-8-14)16(24)11-21-18(25)19(26)22-15-10-13(20)6-9-17(15)27-3/h4-10,16,24H,11H2,1-3H3,(H,21,25)(H,22,26). The predicted molar refractivity (Wildman–Crippen MR) is 105 cm³/mol. The number of benzene rings is 2. The maximum atomic E-state index is 12.1. The highest BCUT2D eigenvalue weighted by Gasteiger charge is 2.18. The summed E-state index contributed by atoms with van der Waals surface area (Å²) in [6.45, 7) is -0.0970. The summed E-state index contributed by atoms with van der Waals surface area (Å²) in [4.78, 5) is 26.0. The number of aliphatic hydroxyl groups is 1. The molecule has 0 fully saturated rings. The molecule has 2 amide bonds. The van der Waals surface area contributed by atoms with Gasteiger partial charge in [-0.1, -0.05) is 23.7 Å². The van der Waals surface area contributed by atoms with Crippen LogP contribution in [0.25, 0.3) is 0 Å². The van der Waals surface area contributed by atoms with Crippen LogP contribution < -0.4 is 20.3 Å². The van der Waals surface area contributed by atoms with Gasteiger partial charge in [0.2, 0.25) is 0 Å². The topological polar surface area (TPSA) is 90.9 Å². The summed E-state index contributed by atoms with van der Waals surface area (Å²) in [6, 6.07) is 11.9. The van der Waals surface area contributed by atoms with Crippen molar-refractivity contribution in [2.75, 3.05) is 38.0 Å². The third-order valence-corrected chi connectivity index (χ3v) is 4.10. The van der Waals surface area contributed by atoms with Crippen LogP contribution in [0.4, 0.5) is 11.4 Å². The van der Waals surface area contributed by atoms with Crippen LogP contribution in [-0.4, -0.2) is 44.7 Å². The van der Waals surface area contributed by atoms with Gasteiger partial charge in [0, 0.05) is 31.4 Å². The molecule has 7 nitrogen and oxygen atoms in total. The number of carbonyl (C=O) groups excluding carboxylic acids is 2. The molecule has 0 saturated heterocycles. The van der Waals surface area contributed by atoms with Gasteiger partial charge in [0.1, 0.15) is 5.75 Å². The van der Waals surface area contributed by atoms with Crippen molar-refractivity contribution in [1.82, 2.24) is 5.32 Å². The van der Waals surface area contributed by atoms with Gasteiger partial charge >= 0.3 is 11.8 Å². The molecule has 0 aromatic heterocycles. The second kappa shape index (κ2) is 9.25. The molecule has 0 saturated carbocycles. The number of nitrogens with zero attached hydrogens (tertiary/aromatic N) is 1. The third-order valence-electron chi connectivity index (χ3n) is 3.87. The Balaban J connectivity index is 1.92. The quantitative estimate of drug-likeness (QED) is 0.657. The number of methoxy groups -OCH3 is 1. The van der Waals surface area contributed by atoms with Crippen LogP contribution in [0.5, 0.6) is 5.75 Å². The molecular formula is C19H22ClN3O4. The summed E-state index contributed by atoms with van der Waals surface area (Å²) in [5.74, 6) is -1.38. The highest BCUT2D eigenvalue weighted by Crippen LogP contribution is 2.27. The second-order valence-electron chi connectivity index (χ2n) is 6.01. The Kier molecular flexibility index (Phi) is 7.04. The number of hydrogen-bond acceptors (Lipinski definition) is 5. The van der Waals surface area contributed by atoms with Gasteiger partial charge < -0.3 is 25.4 Å². The van der Waals surface area contributed by atoms with Crippen LogP contribution in [-0.2, 0) is 9.59 Å². The zero-order chi connectivity index (χ0) is 20.0. The molecular weight excluding hydrogens is 370 g/mol. The van der Waals surface area contributed by atoms with Crippen molar-refractivity contribution < 1.29 is 19.4 Å². The molecule has 0 aliphatic rings. The van der Waals surface area contributed by atoms with E-state index in [-0.39, 0.29) is 12.2 Å². The van der Waals surface area contributed by atoms with E-state index in [4.69, 9.17) is 16.3 Å². The van der Waals surface area contributed by atoms with E-state index >= 15 is 0 Å². The number of anilines is 2. The van der Waals surface area contributed by atoms with Crippen LogP contribution >= 0.6 is 11.6 Å². The minimum atomic E-state index is -0.932. The maximum Gasteiger partial charge on any atom is 0.313 e. The lowest BCUT2D eigenvalue weighted by atomic mass is 10.1. The van der Waals surface area contributed by atoms with E-state index in [9.17, 15) is 14.7 Å². The number of ether oxygens (including phenoxy) is 1. The third kappa shape index (κ3) is 5.60. The van der Waals surface area contributed by atoms with Crippen molar-refractivity contribution in [1.29, 1.82) is 0 Å². The van der Waals surface area contributed by atoms with Gasteiger partial charge in [-0.15, -0.1) is 0 Å². The van der Waals surface area contributed by atoms with Crippen LogP contribution in [0, 0.1) is 0 Å². The highest BCUT2D eigenvalue weighted by molar-refractivity contribution is 6.40. The molecule has 0 bridgehead atoms. The number of amides is 2. The zero-order valence-electron chi connectivity index (χ0n) is 15.3. The fourth-order valence-electron chi connectivity index (χ4n) is 2.34. The van der Waals surface area contributed by atoms with Gasteiger partial charge in [0.05, 0.1) is 18.9 Å². The minimum absolute atomic E-state index is 0.0970. The molecule has 1 unspecified atom stereocenters. The first-order valence-electron chi connectivity index (χ1n) is 8.20. The molecule has 27 heavy (non-hydrogen) atoms. The molecule has 3 N–H and O–H groups in total. The molecule has 0 spiro atoms. The van der Waals surface area contributed by atoms with Gasteiger partial charge in [-0.2, -0.15) is 0 Å². The van der Waals surface area contributed by atoms with E-state index in [0.29, 0.717) is 16.3 Å². The number of halogens is 1. The predicted octanol–water partition coefficient (Wildman–Crippen LogP) is 2.20. The smallest absolute Gasteiger partial charge is 0.313 e. The molecule has 2 rings (SSSR count). The van der Waals surface area contributed by atoms with Crippen molar-refractivity contribution in [3.05, 3.63) is 53.1 Å². The van der Waals surface area contributed by atoms with E-state index in [1.54, 1.807) is 24.3 Å². The van der Waals surface area contributed by atoms with E-state index in [1.165, 1.54) is 13.2 Å². The Morgan fingerprint density at radius 2 is 1.81 bits per heavy atom. The maximum absolute atomic E-state index is 12.1. The number of carbonyl (C=O) groups is 2. The van der Waals surface area contributed by atoms with E-state index in [2.05, 4.69) is 10.6 Å². The van der Waals surface area contributed by atoms with Crippen LogP contribution in [0.1, 0.15) is 11.7 Å². The van der Waals surface area contributed by atoms with Crippen molar-refractivity contribution in [3.8, 4) is 5.75 Å². The van der Waals surface area contributed by atoms with Crippen molar-refractivity contribution >= 4 is 34.8 Å². The molecule has 8 heteroatoms. The lowest BCUT2D eigenvalue weighted by Crippen LogP contribution is -2.37. The Bertz CT molecular complexity index is 809. The van der Waals surface area contributed by atoms with Crippen molar-refractivity contribution in [3.63, 3.8) is 0 Å². The number of hydrogen-bond donors (Lipinski definition) is 3. The fraction of sp³-hybridized carbons (Fsp3) is 0.263. The fourth-order valence-corrected chi connectivity index (χ4v) is 2.51. The first-order chi connectivity index (χ1) is 12.8. The molecule has 2 aromatic carbocycles.